The van der Waals surface area contributed by atoms with Gasteiger partial charge in [-0.3, -0.25) is 9.59 Å². The standard InChI is InChI=1S/C16H17ClN2O3S/c1-10-9-11(17)4-5-13(10)22-7-2-3-14(20)19-16-12(15(18)21)6-8-23-16/h4-6,8-9H,2-3,7H2,1H3,(H2,18,21)(H,19,20). The number of halogens is 1. The molecule has 23 heavy (non-hydrogen) atoms. The molecule has 0 unspecified atom stereocenters. The molecular formula is C16H17ClN2O3S. The van der Waals surface area contributed by atoms with Crippen molar-refractivity contribution in [2.45, 2.75) is 19.8 Å². The number of primary amides is 1. The minimum Gasteiger partial charge on any atom is -0.493 e. The minimum absolute atomic E-state index is 0.175. The summed E-state index contributed by atoms with van der Waals surface area (Å²) >= 11 is 7.15. The lowest BCUT2D eigenvalue weighted by atomic mass is 10.2. The number of nitrogens with two attached hydrogens (primary N) is 1. The Hall–Kier alpha value is -2.05. The Morgan fingerprint density at radius 2 is 2.13 bits per heavy atom. The SMILES string of the molecule is Cc1cc(Cl)ccc1OCCCC(=O)Nc1sccc1C(N)=O. The Kier molecular flexibility index (Phi) is 6.01. The highest BCUT2D eigenvalue weighted by Gasteiger charge is 2.12. The van der Waals surface area contributed by atoms with Crippen LogP contribution in [0.1, 0.15) is 28.8 Å². The van der Waals surface area contributed by atoms with Gasteiger partial charge in [-0.25, -0.2) is 0 Å². The van der Waals surface area contributed by atoms with Crippen molar-refractivity contribution in [1.29, 1.82) is 0 Å². The van der Waals surface area contributed by atoms with E-state index < -0.39 is 5.91 Å². The van der Waals surface area contributed by atoms with E-state index in [9.17, 15) is 9.59 Å². The zero-order valence-electron chi connectivity index (χ0n) is 12.6. The summed E-state index contributed by atoms with van der Waals surface area (Å²) in [5.41, 5.74) is 6.51. The Labute approximate surface area is 143 Å². The maximum absolute atomic E-state index is 11.9. The monoisotopic (exact) mass is 352 g/mol. The fourth-order valence-corrected chi connectivity index (χ4v) is 3.01. The van der Waals surface area contributed by atoms with Crippen molar-refractivity contribution in [1.82, 2.24) is 0 Å². The molecule has 0 fully saturated rings. The number of hydrogen-bond acceptors (Lipinski definition) is 4. The minimum atomic E-state index is -0.553. The van der Waals surface area contributed by atoms with Gasteiger partial charge in [0.25, 0.3) is 5.91 Å². The molecule has 0 bridgehead atoms. The molecule has 1 aromatic carbocycles. The zero-order valence-corrected chi connectivity index (χ0v) is 14.2. The largest absolute Gasteiger partial charge is 0.493 e. The van der Waals surface area contributed by atoms with Gasteiger partial charge in [0, 0.05) is 11.4 Å². The van der Waals surface area contributed by atoms with Crippen LogP contribution in [0.5, 0.6) is 5.75 Å². The van der Waals surface area contributed by atoms with Crippen LogP contribution in [0, 0.1) is 6.92 Å². The maximum Gasteiger partial charge on any atom is 0.251 e. The van der Waals surface area contributed by atoms with Crippen LogP contribution in [0.4, 0.5) is 5.00 Å². The number of benzene rings is 1. The second kappa shape index (κ2) is 7.99. The van der Waals surface area contributed by atoms with Crippen molar-refractivity contribution in [2.24, 2.45) is 5.73 Å². The van der Waals surface area contributed by atoms with Crippen molar-refractivity contribution in [3.63, 3.8) is 0 Å². The first kappa shape index (κ1) is 17.3. The van der Waals surface area contributed by atoms with E-state index in [1.54, 1.807) is 17.5 Å². The Morgan fingerprint density at radius 3 is 2.83 bits per heavy atom. The average Bonchev–Trinajstić information content (AvgIpc) is 2.93. The fraction of sp³-hybridized carbons (Fsp3) is 0.250. The number of rotatable bonds is 7. The van der Waals surface area contributed by atoms with Crippen LogP contribution in [-0.4, -0.2) is 18.4 Å². The molecule has 3 N–H and O–H groups in total. The molecule has 0 atom stereocenters. The number of aryl methyl sites for hydroxylation is 1. The highest BCUT2D eigenvalue weighted by Crippen LogP contribution is 2.23. The lowest BCUT2D eigenvalue weighted by molar-refractivity contribution is -0.116. The number of hydrogen-bond donors (Lipinski definition) is 2. The van der Waals surface area contributed by atoms with E-state index in [0.717, 1.165) is 11.3 Å². The summed E-state index contributed by atoms with van der Waals surface area (Å²) in [5, 5.41) is 5.55. The molecule has 2 rings (SSSR count). The van der Waals surface area contributed by atoms with Gasteiger partial charge >= 0.3 is 0 Å². The lowest BCUT2D eigenvalue weighted by Crippen LogP contribution is -2.16. The number of amides is 2. The molecule has 7 heteroatoms. The second-order valence-corrected chi connectivity index (χ2v) is 6.29. The molecule has 2 amide bonds. The number of anilines is 1. The van der Waals surface area contributed by atoms with E-state index in [0.29, 0.717) is 35.0 Å². The summed E-state index contributed by atoms with van der Waals surface area (Å²) in [6.07, 6.45) is 0.855. The van der Waals surface area contributed by atoms with Gasteiger partial charge in [-0.2, -0.15) is 0 Å². The molecule has 0 radical (unpaired) electrons. The fourth-order valence-electron chi connectivity index (χ4n) is 1.98. The topological polar surface area (TPSA) is 81.4 Å². The first-order valence-corrected chi connectivity index (χ1v) is 8.29. The third-order valence-corrected chi connectivity index (χ3v) is 4.19. The highest BCUT2D eigenvalue weighted by molar-refractivity contribution is 7.14. The summed E-state index contributed by atoms with van der Waals surface area (Å²) in [6, 6.07) is 6.99. The quantitative estimate of drug-likeness (QED) is 0.747. The molecule has 122 valence electrons. The average molecular weight is 353 g/mol. The molecule has 0 aliphatic heterocycles. The van der Waals surface area contributed by atoms with Crippen molar-refractivity contribution >= 4 is 39.8 Å². The first-order valence-electron chi connectivity index (χ1n) is 7.03. The van der Waals surface area contributed by atoms with E-state index >= 15 is 0 Å². The Morgan fingerprint density at radius 1 is 1.35 bits per heavy atom. The smallest absolute Gasteiger partial charge is 0.251 e. The Bertz CT molecular complexity index is 715. The molecule has 0 saturated carbocycles. The van der Waals surface area contributed by atoms with Crippen LogP contribution < -0.4 is 15.8 Å². The molecule has 0 spiro atoms. The lowest BCUT2D eigenvalue weighted by Gasteiger charge is -2.09. The van der Waals surface area contributed by atoms with Crippen LogP contribution in [0.3, 0.4) is 0 Å². The number of carbonyl (C=O) groups excluding carboxylic acids is 2. The molecule has 1 aromatic heterocycles. The summed E-state index contributed by atoms with van der Waals surface area (Å²) in [4.78, 5) is 23.1. The first-order chi connectivity index (χ1) is 11.0. The normalized spacial score (nSPS) is 10.3. The number of thiophene rings is 1. The third-order valence-electron chi connectivity index (χ3n) is 3.13. The van der Waals surface area contributed by atoms with E-state index in [-0.39, 0.29) is 5.91 Å². The van der Waals surface area contributed by atoms with Crippen molar-refractivity contribution in [2.75, 3.05) is 11.9 Å². The van der Waals surface area contributed by atoms with Crippen molar-refractivity contribution in [3.05, 3.63) is 45.8 Å². The predicted molar refractivity (Wildman–Crippen MR) is 92.4 cm³/mol. The van der Waals surface area contributed by atoms with Crippen LogP contribution in [0.25, 0.3) is 0 Å². The number of carbonyl (C=O) groups is 2. The van der Waals surface area contributed by atoms with Gasteiger partial charge in [0.2, 0.25) is 5.91 Å². The van der Waals surface area contributed by atoms with Gasteiger partial charge in [-0.05, 0) is 48.6 Å². The van der Waals surface area contributed by atoms with E-state index in [1.165, 1.54) is 11.3 Å². The van der Waals surface area contributed by atoms with Gasteiger partial charge in [0.1, 0.15) is 10.8 Å². The van der Waals surface area contributed by atoms with Crippen LogP contribution in [0.15, 0.2) is 29.6 Å². The van der Waals surface area contributed by atoms with Crippen LogP contribution >= 0.6 is 22.9 Å². The molecule has 0 saturated heterocycles. The van der Waals surface area contributed by atoms with Crippen molar-refractivity contribution < 1.29 is 14.3 Å². The van der Waals surface area contributed by atoms with Gasteiger partial charge in [0.15, 0.2) is 0 Å². The summed E-state index contributed by atoms with van der Waals surface area (Å²) in [5.74, 6) is 0.0264. The van der Waals surface area contributed by atoms with Gasteiger partial charge < -0.3 is 15.8 Å². The summed E-state index contributed by atoms with van der Waals surface area (Å²) in [6.45, 7) is 2.33. The Balaban J connectivity index is 1.76. The number of nitrogens with one attached hydrogen (secondary N) is 1. The summed E-state index contributed by atoms with van der Waals surface area (Å²) in [7, 11) is 0. The van der Waals surface area contributed by atoms with Crippen LogP contribution in [0.2, 0.25) is 5.02 Å². The zero-order chi connectivity index (χ0) is 16.8. The molecule has 2 aromatic rings. The molecule has 0 aliphatic rings. The molecule has 5 nitrogen and oxygen atoms in total. The highest BCUT2D eigenvalue weighted by atomic mass is 35.5. The number of ether oxygens (including phenoxy) is 1. The van der Waals surface area contributed by atoms with Gasteiger partial charge in [-0.1, -0.05) is 11.6 Å². The third kappa shape index (κ3) is 4.97. The second-order valence-electron chi connectivity index (χ2n) is 4.94. The van der Waals surface area contributed by atoms with Crippen molar-refractivity contribution in [3.8, 4) is 5.75 Å². The molecule has 1 heterocycles. The van der Waals surface area contributed by atoms with Gasteiger partial charge in [0.05, 0.1) is 12.2 Å². The van der Waals surface area contributed by atoms with E-state index in [2.05, 4.69) is 5.32 Å². The van der Waals surface area contributed by atoms with Gasteiger partial charge in [-0.15, -0.1) is 11.3 Å². The molecular weight excluding hydrogens is 336 g/mol. The summed E-state index contributed by atoms with van der Waals surface area (Å²) < 4.78 is 5.63. The predicted octanol–water partition coefficient (Wildman–Crippen LogP) is 3.61. The van der Waals surface area contributed by atoms with E-state index in [1.807, 2.05) is 19.1 Å². The van der Waals surface area contributed by atoms with Crippen LogP contribution in [-0.2, 0) is 4.79 Å². The maximum atomic E-state index is 11.9. The molecule has 0 aliphatic carbocycles. The van der Waals surface area contributed by atoms with E-state index in [4.69, 9.17) is 22.1 Å².